The Kier molecular flexibility index (Phi) is 3.20. The molecule has 1 fully saturated rings. The number of ether oxygens (including phenoxy) is 1. The molecule has 0 saturated carbocycles. The summed E-state index contributed by atoms with van der Waals surface area (Å²) >= 11 is 0. The molecule has 1 aliphatic rings. The van der Waals surface area contributed by atoms with Crippen LogP contribution in [0.3, 0.4) is 0 Å². The van der Waals surface area contributed by atoms with E-state index in [1.807, 2.05) is 30.3 Å². The van der Waals surface area contributed by atoms with Crippen LogP contribution in [0.25, 0.3) is 10.9 Å². The maximum Gasteiger partial charge on any atom is 0.135 e. The highest BCUT2D eigenvalue weighted by molar-refractivity contribution is 5.82. The van der Waals surface area contributed by atoms with Crippen molar-refractivity contribution in [1.29, 1.82) is 0 Å². The van der Waals surface area contributed by atoms with Gasteiger partial charge in [-0.25, -0.2) is 0 Å². The van der Waals surface area contributed by atoms with Crippen molar-refractivity contribution in [3.63, 3.8) is 0 Å². The fourth-order valence-corrected chi connectivity index (χ4v) is 2.35. The SMILES string of the molecule is OCC1(CO)COC(c2ccnc3ccccc23)N1. The van der Waals surface area contributed by atoms with Crippen molar-refractivity contribution in [3.05, 3.63) is 42.1 Å². The third kappa shape index (κ3) is 2.11. The average Bonchev–Trinajstić information content (AvgIpc) is 2.92. The minimum absolute atomic E-state index is 0.164. The zero-order chi connectivity index (χ0) is 13.3. The standard InChI is InChI=1S/C14H16N2O3/c17-7-14(8-18)9-19-13(16-14)11-5-6-15-12-4-2-1-3-10(11)12/h1-6,13,16-18H,7-9H2. The summed E-state index contributed by atoms with van der Waals surface area (Å²) in [5.41, 5.74) is 1.10. The molecule has 0 spiro atoms. The second-order valence-electron chi connectivity index (χ2n) is 4.85. The van der Waals surface area contributed by atoms with Gasteiger partial charge < -0.3 is 14.9 Å². The van der Waals surface area contributed by atoms with Gasteiger partial charge in [0.1, 0.15) is 6.23 Å². The van der Waals surface area contributed by atoms with Crippen LogP contribution in [0.15, 0.2) is 36.5 Å². The lowest BCUT2D eigenvalue weighted by Crippen LogP contribution is -2.49. The van der Waals surface area contributed by atoms with Crippen molar-refractivity contribution in [2.24, 2.45) is 0 Å². The molecule has 0 amide bonds. The van der Waals surface area contributed by atoms with Crippen LogP contribution >= 0.6 is 0 Å². The van der Waals surface area contributed by atoms with Gasteiger partial charge >= 0.3 is 0 Å². The maximum atomic E-state index is 9.38. The highest BCUT2D eigenvalue weighted by atomic mass is 16.5. The van der Waals surface area contributed by atoms with Crippen molar-refractivity contribution in [2.75, 3.05) is 19.8 Å². The van der Waals surface area contributed by atoms with Crippen molar-refractivity contribution in [3.8, 4) is 0 Å². The third-order valence-electron chi connectivity index (χ3n) is 3.53. The zero-order valence-corrected chi connectivity index (χ0v) is 10.4. The number of benzene rings is 1. The first-order chi connectivity index (χ1) is 9.28. The van der Waals surface area contributed by atoms with E-state index in [0.29, 0.717) is 0 Å². The van der Waals surface area contributed by atoms with Gasteiger partial charge in [0.2, 0.25) is 0 Å². The first-order valence-electron chi connectivity index (χ1n) is 6.23. The molecule has 2 aromatic rings. The summed E-state index contributed by atoms with van der Waals surface area (Å²) in [5.74, 6) is 0. The first-order valence-corrected chi connectivity index (χ1v) is 6.23. The van der Waals surface area contributed by atoms with Crippen molar-refractivity contribution < 1.29 is 14.9 Å². The molecule has 1 aromatic heterocycles. The molecule has 19 heavy (non-hydrogen) atoms. The highest BCUT2D eigenvalue weighted by Crippen LogP contribution is 2.30. The summed E-state index contributed by atoms with van der Waals surface area (Å²) in [6.07, 6.45) is 1.40. The Morgan fingerprint density at radius 2 is 2.05 bits per heavy atom. The molecule has 0 aliphatic carbocycles. The van der Waals surface area contributed by atoms with Gasteiger partial charge in [-0.05, 0) is 12.1 Å². The molecule has 1 atom stereocenters. The first kappa shape index (κ1) is 12.5. The van der Waals surface area contributed by atoms with E-state index in [1.54, 1.807) is 6.20 Å². The summed E-state index contributed by atoms with van der Waals surface area (Å²) in [6.45, 7) is -0.0483. The van der Waals surface area contributed by atoms with Crippen LogP contribution < -0.4 is 5.32 Å². The molecule has 1 aromatic carbocycles. The average molecular weight is 260 g/mol. The molecule has 3 rings (SSSR count). The van der Waals surface area contributed by atoms with Crippen LogP contribution in [-0.4, -0.2) is 40.6 Å². The lowest BCUT2D eigenvalue weighted by Gasteiger charge is -2.23. The molecule has 0 bridgehead atoms. The second kappa shape index (κ2) is 4.86. The summed E-state index contributed by atoms with van der Waals surface area (Å²) in [6, 6.07) is 9.71. The summed E-state index contributed by atoms with van der Waals surface area (Å²) in [7, 11) is 0. The maximum absolute atomic E-state index is 9.38. The molecule has 0 radical (unpaired) electrons. The molecule has 5 nitrogen and oxygen atoms in total. The summed E-state index contributed by atoms with van der Waals surface area (Å²) in [5, 5.41) is 22.9. The largest absolute Gasteiger partial charge is 0.394 e. The fourth-order valence-electron chi connectivity index (χ4n) is 2.35. The van der Waals surface area contributed by atoms with E-state index >= 15 is 0 Å². The van der Waals surface area contributed by atoms with Gasteiger partial charge in [0.05, 0.1) is 30.9 Å². The van der Waals surface area contributed by atoms with E-state index in [0.717, 1.165) is 16.5 Å². The number of nitrogens with zero attached hydrogens (tertiary/aromatic N) is 1. The monoisotopic (exact) mass is 260 g/mol. The van der Waals surface area contributed by atoms with Crippen molar-refractivity contribution in [1.82, 2.24) is 10.3 Å². The van der Waals surface area contributed by atoms with Gasteiger partial charge in [-0.15, -0.1) is 0 Å². The number of rotatable bonds is 3. The predicted molar refractivity (Wildman–Crippen MR) is 70.5 cm³/mol. The Morgan fingerprint density at radius 1 is 1.26 bits per heavy atom. The van der Waals surface area contributed by atoms with Gasteiger partial charge in [0, 0.05) is 17.1 Å². The number of hydrogen-bond donors (Lipinski definition) is 3. The Hall–Kier alpha value is -1.53. The van der Waals surface area contributed by atoms with E-state index in [-0.39, 0.29) is 26.0 Å². The predicted octanol–water partition coefficient (Wildman–Crippen LogP) is 0.577. The highest BCUT2D eigenvalue weighted by Gasteiger charge is 2.39. The van der Waals surface area contributed by atoms with Crippen LogP contribution in [0.4, 0.5) is 0 Å². The topological polar surface area (TPSA) is 74.6 Å². The molecule has 5 heteroatoms. The number of hydrogen-bond acceptors (Lipinski definition) is 5. The Bertz CT molecular complexity index is 578. The van der Waals surface area contributed by atoms with E-state index in [9.17, 15) is 10.2 Å². The minimum atomic E-state index is -0.769. The number of nitrogens with one attached hydrogen (secondary N) is 1. The van der Waals surface area contributed by atoms with Gasteiger partial charge in [0.15, 0.2) is 0 Å². The fraction of sp³-hybridized carbons (Fsp3) is 0.357. The quantitative estimate of drug-likeness (QED) is 0.752. The van der Waals surface area contributed by atoms with Crippen LogP contribution in [0.1, 0.15) is 11.8 Å². The normalized spacial score (nSPS) is 21.9. The smallest absolute Gasteiger partial charge is 0.135 e. The number of aliphatic hydroxyl groups excluding tert-OH is 2. The number of pyridine rings is 1. The molecule has 1 unspecified atom stereocenters. The van der Waals surface area contributed by atoms with Gasteiger partial charge in [-0.3, -0.25) is 10.3 Å². The lowest BCUT2D eigenvalue weighted by molar-refractivity contribution is 0.0764. The van der Waals surface area contributed by atoms with Gasteiger partial charge in [0.25, 0.3) is 0 Å². The van der Waals surface area contributed by atoms with E-state index in [2.05, 4.69) is 10.3 Å². The van der Waals surface area contributed by atoms with Crippen LogP contribution in [0.5, 0.6) is 0 Å². The molecule has 2 heterocycles. The summed E-state index contributed by atoms with van der Waals surface area (Å²) < 4.78 is 5.69. The molecule has 1 aliphatic heterocycles. The van der Waals surface area contributed by atoms with Crippen LogP contribution in [0, 0.1) is 0 Å². The van der Waals surface area contributed by atoms with Gasteiger partial charge in [-0.2, -0.15) is 0 Å². The Balaban J connectivity index is 1.98. The number of aliphatic hydroxyl groups is 2. The van der Waals surface area contributed by atoms with Gasteiger partial charge in [-0.1, -0.05) is 18.2 Å². The number of para-hydroxylation sites is 1. The zero-order valence-electron chi connectivity index (χ0n) is 10.4. The summed E-state index contributed by atoms with van der Waals surface area (Å²) in [4.78, 5) is 4.31. The second-order valence-corrected chi connectivity index (χ2v) is 4.85. The minimum Gasteiger partial charge on any atom is -0.394 e. The third-order valence-corrected chi connectivity index (χ3v) is 3.53. The molecule has 100 valence electrons. The number of aromatic nitrogens is 1. The van der Waals surface area contributed by atoms with Crippen molar-refractivity contribution in [2.45, 2.75) is 11.8 Å². The van der Waals surface area contributed by atoms with Crippen LogP contribution in [-0.2, 0) is 4.74 Å². The lowest BCUT2D eigenvalue weighted by atomic mass is 10.0. The Morgan fingerprint density at radius 3 is 2.79 bits per heavy atom. The van der Waals surface area contributed by atoms with E-state index in [1.165, 1.54) is 0 Å². The number of fused-ring (bicyclic) bond motifs is 1. The molecule has 1 saturated heterocycles. The molecule has 3 N–H and O–H groups in total. The molecular formula is C14H16N2O3. The van der Waals surface area contributed by atoms with Crippen molar-refractivity contribution >= 4 is 10.9 Å². The van der Waals surface area contributed by atoms with E-state index in [4.69, 9.17) is 4.74 Å². The Labute approximate surface area is 110 Å². The molecular weight excluding hydrogens is 244 g/mol. The van der Waals surface area contributed by atoms with Crippen LogP contribution in [0.2, 0.25) is 0 Å². The van der Waals surface area contributed by atoms with E-state index < -0.39 is 5.54 Å².